The Morgan fingerprint density at radius 3 is 2.62 bits per heavy atom. The summed E-state index contributed by atoms with van der Waals surface area (Å²) < 4.78 is 18.9. The smallest absolute Gasteiger partial charge is 0.306 e. The molecule has 1 fully saturated rings. The SMILES string of the molecule is CC(F)(CC(=O)O)C1CCOCC1. The number of carboxylic acids is 1. The summed E-state index contributed by atoms with van der Waals surface area (Å²) >= 11 is 0. The highest BCUT2D eigenvalue weighted by Crippen LogP contribution is 2.33. The van der Waals surface area contributed by atoms with Gasteiger partial charge in [-0.15, -0.1) is 0 Å². The van der Waals surface area contributed by atoms with Crippen molar-refractivity contribution in [3.63, 3.8) is 0 Å². The Kier molecular flexibility index (Phi) is 3.25. The third-order valence-corrected chi connectivity index (χ3v) is 2.57. The first kappa shape index (κ1) is 10.4. The van der Waals surface area contributed by atoms with Crippen molar-refractivity contribution in [2.75, 3.05) is 13.2 Å². The summed E-state index contributed by atoms with van der Waals surface area (Å²) in [5, 5.41) is 8.51. The van der Waals surface area contributed by atoms with E-state index >= 15 is 0 Å². The highest BCUT2D eigenvalue weighted by molar-refractivity contribution is 5.68. The molecule has 0 amide bonds. The first-order chi connectivity index (χ1) is 6.02. The summed E-state index contributed by atoms with van der Waals surface area (Å²) in [5.41, 5.74) is -1.59. The van der Waals surface area contributed by atoms with E-state index < -0.39 is 18.1 Å². The molecule has 1 unspecified atom stereocenters. The molecule has 1 atom stereocenters. The Morgan fingerprint density at radius 1 is 1.62 bits per heavy atom. The van der Waals surface area contributed by atoms with Gasteiger partial charge in [0, 0.05) is 13.2 Å². The predicted octanol–water partition coefficient (Wildman–Crippen LogP) is 1.62. The number of hydrogen-bond acceptors (Lipinski definition) is 2. The van der Waals surface area contributed by atoms with Crippen LogP contribution in [0.25, 0.3) is 0 Å². The van der Waals surface area contributed by atoms with Crippen LogP contribution in [0.3, 0.4) is 0 Å². The molecule has 0 aromatic carbocycles. The Balaban J connectivity index is 2.50. The zero-order valence-corrected chi connectivity index (χ0v) is 7.75. The van der Waals surface area contributed by atoms with Crippen molar-refractivity contribution in [1.29, 1.82) is 0 Å². The molecule has 0 bridgehead atoms. The van der Waals surface area contributed by atoms with Gasteiger partial charge in [0.15, 0.2) is 0 Å². The van der Waals surface area contributed by atoms with Crippen molar-refractivity contribution in [2.24, 2.45) is 5.92 Å². The van der Waals surface area contributed by atoms with Crippen LogP contribution < -0.4 is 0 Å². The average molecular weight is 190 g/mol. The molecule has 4 heteroatoms. The topological polar surface area (TPSA) is 46.5 Å². The van der Waals surface area contributed by atoms with E-state index in [9.17, 15) is 9.18 Å². The standard InChI is InChI=1S/C9H15FO3/c1-9(10,6-8(11)12)7-2-4-13-5-3-7/h7H,2-6H2,1H3,(H,11,12). The fourth-order valence-corrected chi connectivity index (χ4v) is 1.74. The number of ether oxygens (including phenoxy) is 1. The molecule has 76 valence electrons. The summed E-state index contributed by atoms with van der Waals surface area (Å²) in [6, 6.07) is 0. The lowest BCUT2D eigenvalue weighted by Gasteiger charge is -2.32. The van der Waals surface area contributed by atoms with Gasteiger partial charge >= 0.3 is 5.97 Å². The molecule has 0 spiro atoms. The number of carboxylic acid groups (broad SMARTS) is 1. The molecule has 13 heavy (non-hydrogen) atoms. The fraction of sp³-hybridized carbons (Fsp3) is 0.889. The van der Waals surface area contributed by atoms with E-state index in [0.29, 0.717) is 26.1 Å². The van der Waals surface area contributed by atoms with Gasteiger partial charge in [0.05, 0.1) is 6.42 Å². The van der Waals surface area contributed by atoms with Crippen LogP contribution in [-0.2, 0) is 9.53 Å². The summed E-state index contributed by atoms with van der Waals surface area (Å²) in [6.45, 7) is 2.46. The van der Waals surface area contributed by atoms with Crippen molar-refractivity contribution < 1.29 is 19.0 Å². The zero-order valence-electron chi connectivity index (χ0n) is 7.75. The van der Waals surface area contributed by atoms with Gasteiger partial charge in [-0.1, -0.05) is 0 Å². The Morgan fingerprint density at radius 2 is 2.15 bits per heavy atom. The lowest BCUT2D eigenvalue weighted by atomic mass is 9.82. The maximum absolute atomic E-state index is 13.8. The van der Waals surface area contributed by atoms with Crippen LogP contribution in [-0.4, -0.2) is 30.0 Å². The van der Waals surface area contributed by atoms with Crippen LogP contribution in [0.2, 0.25) is 0 Å². The van der Waals surface area contributed by atoms with Crippen molar-refractivity contribution in [1.82, 2.24) is 0 Å². The maximum atomic E-state index is 13.8. The van der Waals surface area contributed by atoms with Gasteiger partial charge in [0.2, 0.25) is 0 Å². The van der Waals surface area contributed by atoms with Crippen LogP contribution in [0, 0.1) is 5.92 Å². The zero-order chi connectivity index (χ0) is 9.90. The molecule has 1 aliphatic rings. The van der Waals surface area contributed by atoms with E-state index in [2.05, 4.69) is 0 Å². The van der Waals surface area contributed by atoms with Crippen LogP contribution >= 0.6 is 0 Å². The van der Waals surface area contributed by atoms with Gasteiger partial charge < -0.3 is 9.84 Å². The number of rotatable bonds is 3. The molecule has 1 saturated heterocycles. The third-order valence-electron chi connectivity index (χ3n) is 2.57. The minimum absolute atomic E-state index is 0.169. The molecule has 1 N–H and O–H groups in total. The second-order valence-electron chi connectivity index (χ2n) is 3.74. The quantitative estimate of drug-likeness (QED) is 0.735. The Hall–Kier alpha value is -0.640. The van der Waals surface area contributed by atoms with Crippen molar-refractivity contribution in [3.05, 3.63) is 0 Å². The molecule has 1 rings (SSSR count). The molecule has 0 radical (unpaired) electrons. The highest BCUT2D eigenvalue weighted by atomic mass is 19.1. The fourth-order valence-electron chi connectivity index (χ4n) is 1.74. The Labute approximate surface area is 76.9 Å². The largest absolute Gasteiger partial charge is 0.481 e. The van der Waals surface area contributed by atoms with Crippen LogP contribution in [0.4, 0.5) is 4.39 Å². The molecular weight excluding hydrogens is 175 g/mol. The Bertz CT molecular complexity index is 185. The van der Waals surface area contributed by atoms with Crippen molar-refractivity contribution in [2.45, 2.75) is 31.9 Å². The molecule has 0 aliphatic carbocycles. The summed E-state index contributed by atoms with van der Waals surface area (Å²) in [4.78, 5) is 10.4. The van der Waals surface area contributed by atoms with Gasteiger partial charge in [-0.05, 0) is 25.7 Å². The maximum Gasteiger partial charge on any atom is 0.306 e. The van der Waals surface area contributed by atoms with E-state index in [0.717, 1.165) is 0 Å². The first-order valence-corrected chi connectivity index (χ1v) is 4.51. The third kappa shape index (κ3) is 2.95. The van der Waals surface area contributed by atoms with Gasteiger partial charge in [0.1, 0.15) is 5.67 Å². The number of halogens is 1. The molecule has 0 aromatic rings. The molecule has 0 aromatic heterocycles. The summed E-state index contributed by atoms with van der Waals surface area (Å²) in [6.07, 6.45) is 0.845. The number of aliphatic carboxylic acids is 1. The van der Waals surface area contributed by atoms with Crippen LogP contribution in [0.1, 0.15) is 26.2 Å². The van der Waals surface area contributed by atoms with Gasteiger partial charge in [-0.2, -0.15) is 0 Å². The van der Waals surface area contributed by atoms with E-state index in [-0.39, 0.29) is 5.92 Å². The van der Waals surface area contributed by atoms with E-state index in [1.54, 1.807) is 0 Å². The molecule has 1 heterocycles. The van der Waals surface area contributed by atoms with Gasteiger partial charge in [0.25, 0.3) is 0 Å². The van der Waals surface area contributed by atoms with Crippen molar-refractivity contribution in [3.8, 4) is 0 Å². The van der Waals surface area contributed by atoms with E-state index in [1.165, 1.54) is 6.92 Å². The first-order valence-electron chi connectivity index (χ1n) is 4.51. The summed E-state index contributed by atoms with van der Waals surface area (Å²) in [5.74, 6) is -1.24. The molecule has 1 aliphatic heterocycles. The second kappa shape index (κ2) is 4.05. The normalized spacial score (nSPS) is 23.8. The number of alkyl halides is 1. The highest BCUT2D eigenvalue weighted by Gasteiger charge is 2.37. The van der Waals surface area contributed by atoms with Crippen molar-refractivity contribution >= 4 is 5.97 Å². The lowest BCUT2D eigenvalue weighted by molar-refractivity contribution is -0.141. The van der Waals surface area contributed by atoms with E-state index in [1.807, 2.05) is 0 Å². The molecule has 0 saturated carbocycles. The molecule has 3 nitrogen and oxygen atoms in total. The van der Waals surface area contributed by atoms with E-state index in [4.69, 9.17) is 9.84 Å². The lowest BCUT2D eigenvalue weighted by Crippen LogP contribution is -2.36. The summed E-state index contributed by atoms with van der Waals surface area (Å²) in [7, 11) is 0. The monoisotopic (exact) mass is 190 g/mol. The van der Waals surface area contributed by atoms with Gasteiger partial charge in [-0.25, -0.2) is 4.39 Å². The molecular formula is C9H15FO3. The minimum atomic E-state index is -1.59. The minimum Gasteiger partial charge on any atom is -0.481 e. The van der Waals surface area contributed by atoms with Crippen LogP contribution in [0.15, 0.2) is 0 Å². The number of carbonyl (C=O) groups is 1. The second-order valence-corrected chi connectivity index (χ2v) is 3.74. The number of hydrogen-bond donors (Lipinski definition) is 1. The average Bonchev–Trinajstić information content (AvgIpc) is 2.04. The van der Waals surface area contributed by atoms with Gasteiger partial charge in [-0.3, -0.25) is 4.79 Å². The van der Waals surface area contributed by atoms with Crippen LogP contribution in [0.5, 0.6) is 0 Å². The predicted molar refractivity (Wildman–Crippen MR) is 45.3 cm³/mol.